The van der Waals surface area contributed by atoms with Crippen molar-refractivity contribution in [2.24, 2.45) is 0 Å². The first-order chi connectivity index (χ1) is 9.11. The Hall–Kier alpha value is -1.93. The van der Waals surface area contributed by atoms with E-state index in [0.29, 0.717) is 5.56 Å². The molecule has 98 valence electrons. The maximum atomic E-state index is 12.4. The van der Waals surface area contributed by atoms with Crippen LogP contribution in [0.4, 0.5) is 0 Å². The number of rotatable bonds is 4. The van der Waals surface area contributed by atoms with E-state index in [0.717, 1.165) is 11.1 Å². The number of aryl methyl sites for hydroxylation is 2. The van der Waals surface area contributed by atoms with Crippen molar-refractivity contribution in [2.75, 3.05) is 7.11 Å². The summed E-state index contributed by atoms with van der Waals surface area (Å²) in [5.41, 5.74) is 3.87. The van der Waals surface area contributed by atoms with Gasteiger partial charge < -0.3 is 4.74 Å². The van der Waals surface area contributed by atoms with Gasteiger partial charge in [-0.3, -0.25) is 4.79 Å². The van der Waals surface area contributed by atoms with Gasteiger partial charge in [0, 0.05) is 12.7 Å². The van der Waals surface area contributed by atoms with E-state index in [9.17, 15) is 4.79 Å². The normalized spacial score (nSPS) is 12.2. The molecule has 2 rings (SSSR count). The summed E-state index contributed by atoms with van der Waals surface area (Å²) in [5.74, 6) is -0.00801. The van der Waals surface area contributed by atoms with E-state index in [-0.39, 0.29) is 5.78 Å². The summed E-state index contributed by atoms with van der Waals surface area (Å²) in [6.07, 6.45) is -0.539. The lowest BCUT2D eigenvalue weighted by atomic mass is 9.98. The van der Waals surface area contributed by atoms with Crippen LogP contribution in [0.3, 0.4) is 0 Å². The first-order valence-corrected chi connectivity index (χ1v) is 6.32. The standard InChI is InChI=1S/C17H18O2/c1-12-4-8-14(9-5-12)16(18)17(19-3)15-10-6-13(2)7-11-15/h4-11,17H,1-3H3. The second-order valence-corrected chi connectivity index (χ2v) is 4.76. The zero-order valence-corrected chi connectivity index (χ0v) is 11.5. The zero-order chi connectivity index (χ0) is 13.8. The van der Waals surface area contributed by atoms with Gasteiger partial charge in [0.25, 0.3) is 0 Å². The Bertz CT molecular complexity index is 553. The average molecular weight is 254 g/mol. The van der Waals surface area contributed by atoms with Crippen LogP contribution < -0.4 is 0 Å². The van der Waals surface area contributed by atoms with E-state index < -0.39 is 6.10 Å². The molecule has 2 nitrogen and oxygen atoms in total. The number of carbonyl (C=O) groups is 1. The predicted octanol–water partition coefficient (Wildman–Crippen LogP) is 3.87. The Morgan fingerprint density at radius 3 is 1.84 bits per heavy atom. The SMILES string of the molecule is COC(C(=O)c1ccc(C)cc1)c1ccc(C)cc1. The van der Waals surface area contributed by atoms with E-state index in [1.165, 1.54) is 5.56 Å². The van der Waals surface area contributed by atoms with E-state index in [1.54, 1.807) is 7.11 Å². The molecule has 2 aromatic carbocycles. The van der Waals surface area contributed by atoms with Crippen molar-refractivity contribution in [1.29, 1.82) is 0 Å². The zero-order valence-electron chi connectivity index (χ0n) is 11.5. The lowest BCUT2D eigenvalue weighted by Crippen LogP contribution is -2.14. The van der Waals surface area contributed by atoms with Gasteiger partial charge in [-0.15, -0.1) is 0 Å². The number of carbonyl (C=O) groups excluding carboxylic acids is 1. The first kappa shape index (κ1) is 13.5. The second kappa shape index (κ2) is 5.81. The molecule has 1 atom stereocenters. The average Bonchev–Trinajstić information content (AvgIpc) is 2.42. The van der Waals surface area contributed by atoms with Gasteiger partial charge in [0.05, 0.1) is 0 Å². The lowest BCUT2D eigenvalue weighted by molar-refractivity contribution is 0.0604. The van der Waals surface area contributed by atoms with Gasteiger partial charge in [-0.25, -0.2) is 0 Å². The van der Waals surface area contributed by atoms with Gasteiger partial charge in [0.15, 0.2) is 5.78 Å². The third kappa shape index (κ3) is 3.09. The fourth-order valence-corrected chi connectivity index (χ4v) is 2.00. The van der Waals surface area contributed by atoms with Gasteiger partial charge >= 0.3 is 0 Å². The van der Waals surface area contributed by atoms with Crippen molar-refractivity contribution in [1.82, 2.24) is 0 Å². The monoisotopic (exact) mass is 254 g/mol. The molecule has 0 saturated carbocycles. The molecule has 0 bridgehead atoms. The molecule has 19 heavy (non-hydrogen) atoms. The summed E-state index contributed by atoms with van der Waals surface area (Å²) in [6.45, 7) is 4.02. The smallest absolute Gasteiger partial charge is 0.196 e. The van der Waals surface area contributed by atoms with Crippen molar-refractivity contribution in [2.45, 2.75) is 20.0 Å². The molecule has 2 aromatic rings. The summed E-state index contributed by atoms with van der Waals surface area (Å²) >= 11 is 0. The van der Waals surface area contributed by atoms with Crippen molar-refractivity contribution in [3.63, 3.8) is 0 Å². The Kier molecular flexibility index (Phi) is 4.13. The molecule has 0 amide bonds. The van der Waals surface area contributed by atoms with Crippen molar-refractivity contribution >= 4 is 5.78 Å². The Balaban J connectivity index is 2.29. The van der Waals surface area contributed by atoms with Crippen LogP contribution in [0.15, 0.2) is 48.5 Å². The lowest BCUT2D eigenvalue weighted by Gasteiger charge is -2.15. The van der Waals surface area contributed by atoms with Gasteiger partial charge in [-0.2, -0.15) is 0 Å². The number of ketones is 1. The number of hydrogen-bond acceptors (Lipinski definition) is 2. The highest BCUT2D eigenvalue weighted by Gasteiger charge is 2.21. The van der Waals surface area contributed by atoms with Gasteiger partial charge in [0.1, 0.15) is 6.10 Å². The number of benzene rings is 2. The van der Waals surface area contributed by atoms with Crippen LogP contribution in [-0.4, -0.2) is 12.9 Å². The Labute approximate surface area is 114 Å². The molecule has 0 radical (unpaired) electrons. The summed E-state index contributed by atoms with van der Waals surface area (Å²) in [7, 11) is 1.57. The van der Waals surface area contributed by atoms with Crippen LogP contribution in [0.1, 0.15) is 33.2 Å². The number of hydrogen-bond donors (Lipinski definition) is 0. The number of ether oxygens (including phenoxy) is 1. The van der Waals surface area contributed by atoms with Gasteiger partial charge in [0.2, 0.25) is 0 Å². The van der Waals surface area contributed by atoms with E-state index in [1.807, 2.05) is 62.4 Å². The molecule has 0 saturated heterocycles. The highest BCUT2D eigenvalue weighted by Crippen LogP contribution is 2.22. The van der Waals surface area contributed by atoms with E-state index in [4.69, 9.17) is 4.74 Å². The Morgan fingerprint density at radius 2 is 1.37 bits per heavy atom. The second-order valence-electron chi connectivity index (χ2n) is 4.76. The van der Waals surface area contributed by atoms with Crippen LogP contribution in [0.2, 0.25) is 0 Å². The fourth-order valence-electron chi connectivity index (χ4n) is 2.00. The maximum Gasteiger partial charge on any atom is 0.196 e. The van der Waals surface area contributed by atoms with Crippen LogP contribution in [0.25, 0.3) is 0 Å². The Morgan fingerprint density at radius 1 is 0.895 bits per heavy atom. The van der Waals surface area contributed by atoms with Crippen LogP contribution in [-0.2, 0) is 4.74 Å². The maximum absolute atomic E-state index is 12.4. The minimum absolute atomic E-state index is 0.00801. The molecule has 1 unspecified atom stereocenters. The highest BCUT2D eigenvalue weighted by atomic mass is 16.5. The third-order valence-electron chi connectivity index (χ3n) is 3.19. The molecule has 0 fully saturated rings. The number of methoxy groups -OCH3 is 1. The van der Waals surface area contributed by atoms with Crippen molar-refractivity contribution < 1.29 is 9.53 Å². The summed E-state index contributed by atoms with van der Waals surface area (Å²) in [4.78, 5) is 12.4. The van der Waals surface area contributed by atoms with E-state index in [2.05, 4.69) is 0 Å². The molecule has 0 aromatic heterocycles. The minimum Gasteiger partial charge on any atom is -0.369 e. The quantitative estimate of drug-likeness (QED) is 0.774. The molecule has 0 heterocycles. The topological polar surface area (TPSA) is 26.3 Å². The molecule has 0 aliphatic carbocycles. The number of Topliss-reactive ketones (excluding diaryl/α,β-unsaturated/α-hetero) is 1. The summed E-state index contributed by atoms with van der Waals surface area (Å²) in [5, 5.41) is 0. The summed E-state index contributed by atoms with van der Waals surface area (Å²) in [6, 6.07) is 15.4. The van der Waals surface area contributed by atoms with Crippen molar-refractivity contribution in [3.05, 3.63) is 70.8 Å². The van der Waals surface area contributed by atoms with E-state index >= 15 is 0 Å². The van der Waals surface area contributed by atoms with Crippen LogP contribution in [0.5, 0.6) is 0 Å². The van der Waals surface area contributed by atoms with Crippen LogP contribution in [0, 0.1) is 13.8 Å². The summed E-state index contributed by atoms with van der Waals surface area (Å²) < 4.78 is 5.37. The molecular weight excluding hydrogens is 236 g/mol. The van der Waals surface area contributed by atoms with Gasteiger partial charge in [-0.05, 0) is 19.4 Å². The van der Waals surface area contributed by atoms with Crippen LogP contribution >= 0.6 is 0 Å². The molecule has 2 heteroatoms. The largest absolute Gasteiger partial charge is 0.369 e. The minimum atomic E-state index is -0.539. The predicted molar refractivity (Wildman–Crippen MR) is 76.4 cm³/mol. The van der Waals surface area contributed by atoms with Crippen molar-refractivity contribution in [3.8, 4) is 0 Å². The molecule has 0 N–H and O–H groups in total. The molecular formula is C17H18O2. The fraction of sp³-hybridized carbons (Fsp3) is 0.235. The first-order valence-electron chi connectivity index (χ1n) is 6.32. The van der Waals surface area contributed by atoms with Gasteiger partial charge in [-0.1, -0.05) is 59.7 Å². The molecule has 0 spiro atoms. The third-order valence-corrected chi connectivity index (χ3v) is 3.19. The molecule has 0 aliphatic rings. The molecule has 0 aliphatic heterocycles. The highest BCUT2D eigenvalue weighted by molar-refractivity contribution is 6.00.